The molecule has 27 heavy (non-hydrogen) atoms. The number of anilines is 1. The Morgan fingerprint density at radius 3 is 2.78 bits per heavy atom. The van der Waals surface area contributed by atoms with Gasteiger partial charge in [-0.2, -0.15) is 0 Å². The van der Waals surface area contributed by atoms with Gasteiger partial charge in [-0.3, -0.25) is 4.79 Å². The Morgan fingerprint density at radius 1 is 1.26 bits per heavy atom. The zero-order valence-electron chi connectivity index (χ0n) is 14.8. The molecule has 2 aromatic carbocycles. The average Bonchev–Trinajstić information content (AvgIpc) is 2.81. The topological polar surface area (TPSA) is 81.7 Å². The van der Waals surface area contributed by atoms with Crippen LogP contribution in [-0.4, -0.2) is 31.4 Å². The number of carbonyl (C=O) groups is 2. The first-order valence-corrected chi connectivity index (χ1v) is 8.72. The molecular formula is C20H18BN3O3. The van der Waals surface area contributed by atoms with Gasteiger partial charge in [-0.15, -0.1) is 0 Å². The lowest BCUT2D eigenvalue weighted by Gasteiger charge is -2.30. The zero-order chi connectivity index (χ0) is 19.1. The van der Waals surface area contributed by atoms with Crippen LogP contribution in [0.25, 0.3) is 5.70 Å². The van der Waals surface area contributed by atoms with E-state index in [0.717, 1.165) is 28.1 Å². The molecule has 3 N–H and O–H groups in total. The van der Waals surface area contributed by atoms with Gasteiger partial charge in [0.2, 0.25) is 5.91 Å². The molecule has 1 atom stereocenters. The van der Waals surface area contributed by atoms with Gasteiger partial charge in [-0.25, -0.2) is 4.79 Å². The summed E-state index contributed by atoms with van der Waals surface area (Å²) >= 11 is 0. The molecule has 0 aliphatic carbocycles. The van der Waals surface area contributed by atoms with Gasteiger partial charge in [0.05, 0.1) is 17.4 Å². The van der Waals surface area contributed by atoms with Crippen LogP contribution in [0.1, 0.15) is 30.5 Å². The number of benzene rings is 2. The summed E-state index contributed by atoms with van der Waals surface area (Å²) in [6.45, 7) is 2.04. The van der Waals surface area contributed by atoms with Crippen molar-refractivity contribution < 1.29 is 14.7 Å². The minimum atomic E-state index is -0.392. The monoisotopic (exact) mass is 359 g/mol. The molecule has 3 amide bonds. The third kappa shape index (κ3) is 2.95. The van der Waals surface area contributed by atoms with Crippen LogP contribution in [0.15, 0.2) is 48.0 Å². The third-order valence-electron chi connectivity index (χ3n) is 5.02. The summed E-state index contributed by atoms with van der Waals surface area (Å²) in [7, 11) is 5.85. The van der Waals surface area contributed by atoms with E-state index in [4.69, 9.17) is 7.85 Å². The molecule has 2 aromatic rings. The minimum absolute atomic E-state index is 0.00202. The molecule has 0 bridgehead atoms. The van der Waals surface area contributed by atoms with Crippen LogP contribution in [-0.2, 0) is 4.79 Å². The van der Waals surface area contributed by atoms with Crippen LogP contribution in [0.3, 0.4) is 0 Å². The van der Waals surface area contributed by atoms with Crippen molar-refractivity contribution in [3.8, 4) is 5.75 Å². The molecule has 134 valence electrons. The number of urea groups is 1. The van der Waals surface area contributed by atoms with Crippen molar-refractivity contribution in [2.24, 2.45) is 0 Å². The molecule has 0 saturated carbocycles. The van der Waals surface area contributed by atoms with Crippen LogP contribution in [0, 0.1) is 0 Å². The molecule has 0 fully saturated rings. The van der Waals surface area contributed by atoms with Crippen molar-refractivity contribution in [2.75, 3.05) is 11.4 Å². The third-order valence-corrected chi connectivity index (χ3v) is 5.02. The molecule has 0 spiro atoms. The lowest BCUT2D eigenvalue weighted by atomic mass is 9.86. The number of phenolic OH excluding ortho intramolecular Hbond substituents is 1. The average molecular weight is 359 g/mol. The number of hydrogen-bond donors (Lipinski definition) is 3. The van der Waals surface area contributed by atoms with E-state index < -0.39 is 6.04 Å². The van der Waals surface area contributed by atoms with Crippen molar-refractivity contribution in [2.45, 2.75) is 19.4 Å². The molecule has 2 aliphatic heterocycles. The Kier molecular flexibility index (Phi) is 4.14. The molecule has 6 nitrogen and oxygen atoms in total. The first-order valence-electron chi connectivity index (χ1n) is 8.72. The number of nitrogens with one attached hydrogen (secondary N) is 2. The number of fused-ring (bicyclic) bond motifs is 2. The number of rotatable bonds is 1. The number of nitrogens with zero attached hydrogens (tertiary/aromatic N) is 1. The largest absolute Gasteiger partial charge is 0.509 e. The van der Waals surface area contributed by atoms with E-state index in [1.807, 2.05) is 24.3 Å². The van der Waals surface area contributed by atoms with E-state index in [2.05, 4.69) is 10.6 Å². The maximum Gasteiger partial charge on any atom is 0.320 e. The molecule has 0 aromatic heterocycles. The Morgan fingerprint density at radius 2 is 2.04 bits per heavy atom. The Balaban J connectivity index is 1.88. The number of para-hydroxylation sites is 1. The molecular weight excluding hydrogens is 341 g/mol. The summed E-state index contributed by atoms with van der Waals surface area (Å²) in [5, 5.41) is 15.6. The van der Waals surface area contributed by atoms with E-state index in [9.17, 15) is 14.7 Å². The first kappa shape index (κ1) is 17.2. The van der Waals surface area contributed by atoms with Gasteiger partial charge in [0.1, 0.15) is 13.6 Å². The van der Waals surface area contributed by atoms with E-state index in [0.29, 0.717) is 13.0 Å². The molecule has 2 radical (unpaired) electrons. The van der Waals surface area contributed by atoms with Crippen molar-refractivity contribution in [3.05, 3.63) is 59.2 Å². The predicted molar refractivity (Wildman–Crippen MR) is 104 cm³/mol. The normalized spacial score (nSPS) is 18.8. The maximum atomic E-state index is 12.4. The van der Waals surface area contributed by atoms with Crippen LogP contribution >= 0.6 is 0 Å². The summed E-state index contributed by atoms with van der Waals surface area (Å²) in [5.74, 6) is -0.0470. The van der Waals surface area contributed by atoms with E-state index in [-0.39, 0.29) is 23.2 Å². The summed E-state index contributed by atoms with van der Waals surface area (Å²) in [5.41, 5.74) is 4.31. The predicted octanol–water partition coefficient (Wildman–Crippen LogP) is 1.71. The number of amides is 3. The van der Waals surface area contributed by atoms with Crippen LogP contribution < -0.4 is 21.0 Å². The fraction of sp³-hybridized carbons (Fsp3) is 0.200. The molecule has 4 rings (SSSR count). The summed E-state index contributed by atoms with van der Waals surface area (Å²) < 4.78 is 0. The maximum absolute atomic E-state index is 12.4. The van der Waals surface area contributed by atoms with E-state index in [1.54, 1.807) is 17.0 Å². The lowest BCUT2D eigenvalue weighted by Crippen LogP contribution is -2.43. The first-order chi connectivity index (χ1) is 13.0. The molecule has 0 saturated heterocycles. The molecule has 2 heterocycles. The summed E-state index contributed by atoms with van der Waals surface area (Å²) in [4.78, 5) is 26.3. The van der Waals surface area contributed by atoms with E-state index in [1.165, 1.54) is 13.0 Å². The standard InChI is InChI=1S/C20H18BN3O3/c1-11(25)24-9-8-14-18(12-6-7-17(26)15(21)10-12)22-20(27)23-19(14)13-4-2-3-5-16(13)24/h2-7,10,18,26H,8-9H2,1H3,(H2,22,23,27). The van der Waals surface area contributed by atoms with Gasteiger partial charge in [0.15, 0.2) is 0 Å². The number of phenols is 1. The number of carbonyl (C=O) groups excluding carboxylic acids is 2. The van der Waals surface area contributed by atoms with Gasteiger partial charge < -0.3 is 20.6 Å². The Hall–Kier alpha value is -3.22. The van der Waals surface area contributed by atoms with Crippen molar-refractivity contribution in [1.82, 2.24) is 10.6 Å². The fourth-order valence-electron chi connectivity index (χ4n) is 3.74. The van der Waals surface area contributed by atoms with Crippen LogP contribution in [0.4, 0.5) is 10.5 Å². The number of hydrogen-bond acceptors (Lipinski definition) is 3. The Labute approximate surface area is 158 Å². The van der Waals surface area contributed by atoms with Crippen molar-refractivity contribution >= 4 is 36.6 Å². The van der Waals surface area contributed by atoms with Gasteiger partial charge in [0, 0.05) is 19.0 Å². The molecule has 1 unspecified atom stereocenters. The smallest absolute Gasteiger partial charge is 0.320 e. The van der Waals surface area contributed by atoms with Crippen LogP contribution in [0.2, 0.25) is 0 Å². The van der Waals surface area contributed by atoms with Gasteiger partial charge >= 0.3 is 6.03 Å². The molecule has 2 aliphatic rings. The Bertz CT molecular complexity index is 986. The van der Waals surface area contributed by atoms with Crippen molar-refractivity contribution in [3.63, 3.8) is 0 Å². The second kappa shape index (κ2) is 6.50. The number of aromatic hydroxyl groups is 1. The highest BCUT2D eigenvalue weighted by Crippen LogP contribution is 2.39. The second-order valence-electron chi connectivity index (χ2n) is 6.69. The van der Waals surface area contributed by atoms with Crippen LogP contribution in [0.5, 0.6) is 5.75 Å². The quantitative estimate of drug-likeness (QED) is 0.678. The van der Waals surface area contributed by atoms with Crippen molar-refractivity contribution in [1.29, 1.82) is 0 Å². The summed E-state index contributed by atoms with van der Waals surface area (Å²) in [6, 6.07) is 11.8. The second-order valence-corrected chi connectivity index (χ2v) is 6.69. The van der Waals surface area contributed by atoms with E-state index >= 15 is 0 Å². The highest BCUT2D eigenvalue weighted by molar-refractivity contribution is 6.34. The SMILES string of the molecule is [B]c1cc(C2NC(=O)NC3=C2CCN(C(C)=O)c2ccccc23)ccc1O. The highest BCUT2D eigenvalue weighted by atomic mass is 16.3. The highest BCUT2D eigenvalue weighted by Gasteiger charge is 2.33. The molecule has 7 heteroatoms. The minimum Gasteiger partial charge on any atom is -0.509 e. The van der Waals surface area contributed by atoms with Gasteiger partial charge in [-0.1, -0.05) is 35.8 Å². The lowest BCUT2D eigenvalue weighted by molar-refractivity contribution is -0.116. The van der Waals surface area contributed by atoms with Gasteiger partial charge in [0.25, 0.3) is 0 Å². The zero-order valence-corrected chi connectivity index (χ0v) is 14.8. The fourth-order valence-corrected chi connectivity index (χ4v) is 3.74. The van der Waals surface area contributed by atoms with Gasteiger partial charge in [-0.05, 0) is 29.7 Å². The summed E-state index contributed by atoms with van der Waals surface area (Å²) in [6.07, 6.45) is 0.586.